The average molecular weight is 391 g/mol. The number of halogens is 3. The molecule has 0 amide bonds. The Kier molecular flexibility index (Phi) is 4.65. The lowest BCUT2D eigenvalue weighted by molar-refractivity contribution is 1.12. The maximum absolute atomic E-state index is 5.85. The van der Waals surface area contributed by atoms with Gasteiger partial charge in [0.1, 0.15) is 5.15 Å². The maximum atomic E-state index is 5.85. The van der Waals surface area contributed by atoms with Crippen LogP contribution in [0.5, 0.6) is 0 Å². The molecule has 0 saturated heterocycles. The quantitative estimate of drug-likeness (QED) is 0.731. The Hall–Kier alpha value is -0.580. The van der Waals surface area contributed by atoms with E-state index in [0.29, 0.717) is 5.15 Å². The van der Waals surface area contributed by atoms with Crippen molar-refractivity contribution in [1.29, 1.82) is 0 Å². The summed E-state index contributed by atoms with van der Waals surface area (Å²) in [5.41, 5.74) is 3.37. The van der Waals surface area contributed by atoms with Gasteiger partial charge >= 0.3 is 0 Å². The molecule has 1 heterocycles. The van der Waals surface area contributed by atoms with Gasteiger partial charge in [0.15, 0.2) is 0 Å². The second-order valence-electron chi connectivity index (χ2n) is 3.95. The van der Waals surface area contributed by atoms with E-state index in [4.69, 9.17) is 11.6 Å². The van der Waals surface area contributed by atoms with Gasteiger partial charge < -0.3 is 5.32 Å². The molecule has 5 heteroatoms. The molecule has 94 valence electrons. The highest BCUT2D eigenvalue weighted by atomic mass is 79.9. The second-order valence-corrected chi connectivity index (χ2v) is 6.01. The van der Waals surface area contributed by atoms with Crippen molar-refractivity contribution in [3.8, 4) is 0 Å². The minimum absolute atomic E-state index is 0.470. The van der Waals surface area contributed by atoms with Crippen molar-refractivity contribution in [1.82, 2.24) is 4.98 Å². The van der Waals surface area contributed by atoms with E-state index in [1.54, 1.807) is 6.20 Å². The number of anilines is 1. The van der Waals surface area contributed by atoms with Crippen LogP contribution >= 0.6 is 43.5 Å². The van der Waals surface area contributed by atoms with Gasteiger partial charge in [0.25, 0.3) is 0 Å². The third-order valence-corrected chi connectivity index (χ3v) is 4.36. The molecule has 1 aromatic heterocycles. The molecule has 2 nitrogen and oxygen atoms in total. The van der Waals surface area contributed by atoms with Crippen molar-refractivity contribution in [2.75, 3.05) is 5.32 Å². The van der Waals surface area contributed by atoms with Crippen LogP contribution in [0.1, 0.15) is 11.1 Å². The first-order valence-electron chi connectivity index (χ1n) is 5.36. The number of aryl methyl sites for hydroxylation is 1. The molecule has 0 aliphatic rings. The molecule has 0 radical (unpaired) electrons. The van der Waals surface area contributed by atoms with Crippen LogP contribution in [0, 0.1) is 6.92 Å². The Balaban J connectivity index is 2.09. The van der Waals surface area contributed by atoms with Crippen LogP contribution < -0.4 is 5.32 Å². The number of benzene rings is 1. The summed E-state index contributed by atoms with van der Waals surface area (Å²) in [5.74, 6) is 0. The topological polar surface area (TPSA) is 24.9 Å². The molecule has 0 unspecified atom stereocenters. The predicted octanol–water partition coefficient (Wildman–Crippen LogP) is 5.18. The van der Waals surface area contributed by atoms with E-state index in [-0.39, 0.29) is 0 Å². The van der Waals surface area contributed by atoms with E-state index >= 15 is 0 Å². The molecule has 0 saturated carbocycles. The van der Waals surface area contributed by atoms with Gasteiger partial charge in [-0.05, 0) is 46.1 Å². The molecule has 0 fully saturated rings. The van der Waals surface area contributed by atoms with Gasteiger partial charge in [0.05, 0.1) is 16.4 Å². The Morgan fingerprint density at radius 2 is 2.00 bits per heavy atom. The molecule has 18 heavy (non-hydrogen) atoms. The van der Waals surface area contributed by atoms with E-state index in [1.807, 2.05) is 6.07 Å². The highest BCUT2D eigenvalue weighted by Gasteiger charge is 2.02. The second kappa shape index (κ2) is 6.04. The van der Waals surface area contributed by atoms with Crippen LogP contribution in [0.15, 0.2) is 39.4 Å². The van der Waals surface area contributed by atoms with Crippen molar-refractivity contribution in [3.05, 3.63) is 55.7 Å². The van der Waals surface area contributed by atoms with Crippen LogP contribution in [0.25, 0.3) is 0 Å². The molecule has 2 rings (SSSR count). The van der Waals surface area contributed by atoms with Gasteiger partial charge in [0, 0.05) is 11.0 Å². The van der Waals surface area contributed by atoms with Gasteiger partial charge in [-0.25, -0.2) is 4.98 Å². The smallest absolute Gasteiger partial charge is 0.143 e. The summed E-state index contributed by atoms with van der Waals surface area (Å²) in [7, 11) is 0. The number of aromatic nitrogens is 1. The van der Waals surface area contributed by atoms with Crippen LogP contribution in [-0.4, -0.2) is 4.98 Å². The molecule has 0 aliphatic carbocycles. The average Bonchev–Trinajstić information content (AvgIpc) is 2.32. The van der Waals surface area contributed by atoms with Crippen LogP contribution in [0.4, 0.5) is 5.69 Å². The van der Waals surface area contributed by atoms with Crippen LogP contribution in [0.3, 0.4) is 0 Å². The largest absolute Gasteiger partial charge is 0.380 e. The first-order valence-corrected chi connectivity index (χ1v) is 7.32. The first kappa shape index (κ1) is 13.8. The Labute approximate surface area is 128 Å². The molecule has 0 atom stereocenters. The number of pyridine rings is 1. The summed E-state index contributed by atoms with van der Waals surface area (Å²) in [5, 5.41) is 3.78. The minimum Gasteiger partial charge on any atom is -0.380 e. The highest BCUT2D eigenvalue weighted by Crippen LogP contribution is 2.24. The normalized spacial score (nSPS) is 10.4. The van der Waals surface area contributed by atoms with Crippen molar-refractivity contribution in [2.24, 2.45) is 0 Å². The monoisotopic (exact) mass is 388 g/mol. The number of rotatable bonds is 3. The molecule has 0 aliphatic heterocycles. The number of nitrogens with zero attached hydrogens (tertiary/aromatic N) is 1. The number of hydrogen-bond donors (Lipinski definition) is 1. The van der Waals surface area contributed by atoms with Gasteiger partial charge in [-0.2, -0.15) is 0 Å². The molecule has 0 spiro atoms. The van der Waals surface area contributed by atoms with Crippen LogP contribution in [-0.2, 0) is 6.54 Å². The van der Waals surface area contributed by atoms with Crippen molar-refractivity contribution < 1.29 is 0 Å². The summed E-state index contributed by atoms with van der Waals surface area (Å²) < 4.78 is 1.90. The molecule has 1 aromatic carbocycles. The van der Waals surface area contributed by atoms with Gasteiger partial charge in [0.2, 0.25) is 0 Å². The van der Waals surface area contributed by atoms with Crippen molar-refractivity contribution in [3.63, 3.8) is 0 Å². The van der Waals surface area contributed by atoms with Gasteiger partial charge in [-0.1, -0.05) is 39.7 Å². The van der Waals surface area contributed by atoms with E-state index in [1.165, 1.54) is 11.1 Å². The SMILES string of the molecule is Cc1ccc(CNc2cnc(Cl)c(Br)c2)c(Br)c1. The minimum atomic E-state index is 0.470. The van der Waals surface area contributed by atoms with E-state index in [0.717, 1.165) is 21.2 Å². The lowest BCUT2D eigenvalue weighted by atomic mass is 10.1. The number of hydrogen-bond acceptors (Lipinski definition) is 2. The molecule has 0 bridgehead atoms. The fraction of sp³-hybridized carbons (Fsp3) is 0.154. The molecule has 1 N–H and O–H groups in total. The number of nitrogens with one attached hydrogen (secondary N) is 1. The van der Waals surface area contributed by atoms with Crippen LogP contribution in [0.2, 0.25) is 5.15 Å². The summed E-state index contributed by atoms with van der Waals surface area (Å²) in [6.07, 6.45) is 1.72. The van der Waals surface area contributed by atoms with Gasteiger partial charge in [-0.15, -0.1) is 0 Å². The fourth-order valence-corrected chi connectivity index (χ4v) is 2.60. The Bertz CT molecular complexity index is 573. The van der Waals surface area contributed by atoms with E-state index in [2.05, 4.69) is 67.3 Å². The predicted molar refractivity (Wildman–Crippen MR) is 83.2 cm³/mol. The fourth-order valence-electron chi connectivity index (χ4n) is 1.51. The van der Waals surface area contributed by atoms with E-state index in [9.17, 15) is 0 Å². The summed E-state index contributed by atoms with van der Waals surface area (Å²) in [6, 6.07) is 8.22. The molecular weight excluding hydrogens is 379 g/mol. The third kappa shape index (κ3) is 3.46. The van der Waals surface area contributed by atoms with Gasteiger partial charge in [-0.3, -0.25) is 0 Å². The van der Waals surface area contributed by atoms with E-state index < -0.39 is 0 Å². The first-order chi connectivity index (χ1) is 8.56. The zero-order valence-corrected chi connectivity index (χ0v) is 13.6. The maximum Gasteiger partial charge on any atom is 0.143 e. The zero-order valence-electron chi connectivity index (χ0n) is 9.67. The Morgan fingerprint density at radius 1 is 1.22 bits per heavy atom. The third-order valence-electron chi connectivity index (χ3n) is 2.49. The summed E-state index contributed by atoms with van der Waals surface area (Å²) in [4.78, 5) is 4.07. The lowest BCUT2D eigenvalue weighted by Crippen LogP contribution is -2.01. The zero-order chi connectivity index (χ0) is 13.1. The highest BCUT2D eigenvalue weighted by molar-refractivity contribution is 9.10. The van der Waals surface area contributed by atoms with Crippen molar-refractivity contribution >= 4 is 49.1 Å². The standard InChI is InChI=1S/C13H11Br2ClN2/c1-8-2-3-9(11(14)4-8)6-17-10-5-12(15)13(16)18-7-10/h2-5,7,17H,6H2,1H3. The van der Waals surface area contributed by atoms with Crippen molar-refractivity contribution in [2.45, 2.75) is 13.5 Å². The Morgan fingerprint density at radius 3 is 2.67 bits per heavy atom. The lowest BCUT2D eigenvalue weighted by Gasteiger charge is -2.09. The molecular formula is C13H11Br2ClN2. The summed E-state index contributed by atoms with van der Waals surface area (Å²) >= 11 is 12.8. The summed E-state index contributed by atoms with van der Waals surface area (Å²) in [6.45, 7) is 2.80. The molecule has 2 aromatic rings.